The lowest BCUT2D eigenvalue weighted by Gasteiger charge is -2.10. The number of nitrogens with zero attached hydrogens (tertiary/aromatic N) is 1. The van der Waals surface area contributed by atoms with Crippen molar-refractivity contribution in [3.63, 3.8) is 0 Å². The molecule has 2 aromatic rings. The molecule has 0 aliphatic rings. The second-order valence-electron chi connectivity index (χ2n) is 4.52. The zero-order valence-corrected chi connectivity index (χ0v) is 12.5. The highest BCUT2D eigenvalue weighted by molar-refractivity contribution is 7.89. The van der Waals surface area contributed by atoms with Crippen LogP contribution in [-0.4, -0.2) is 19.0 Å². The van der Waals surface area contributed by atoms with E-state index in [9.17, 15) is 8.42 Å². The molecule has 6 heteroatoms. The molecule has 1 aromatic carbocycles. The van der Waals surface area contributed by atoms with Gasteiger partial charge >= 0.3 is 0 Å². The molecule has 0 aliphatic heterocycles. The van der Waals surface area contributed by atoms with Crippen LogP contribution in [0.2, 0.25) is 0 Å². The van der Waals surface area contributed by atoms with Gasteiger partial charge in [-0.15, -0.1) is 0 Å². The number of anilines is 1. The van der Waals surface area contributed by atoms with Gasteiger partial charge in [-0.3, -0.25) is 0 Å². The molecule has 0 saturated heterocycles. The zero-order chi connectivity index (χ0) is 13.9. The average molecular weight is 296 g/mol. The Bertz CT molecular complexity index is 663. The Kier molecular flexibility index (Phi) is 4.21. The number of aromatic nitrogens is 1. The standard InChI is InChI=1S/C13H16N2O2S2/c1-10-7-12(18-15-10)8-14-13-6-4-3-5-11(13)9-19(2,16)17/h3-7,14H,8-9H2,1-2H3. The van der Waals surface area contributed by atoms with Gasteiger partial charge in [-0.25, -0.2) is 8.42 Å². The van der Waals surface area contributed by atoms with Crippen molar-refractivity contribution in [2.45, 2.75) is 19.2 Å². The van der Waals surface area contributed by atoms with Crippen molar-refractivity contribution in [3.05, 3.63) is 46.5 Å². The van der Waals surface area contributed by atoms with Gasteiger partial charge in [0.2, 0.25) is 0 Å². The van der Waals surface area contributed by atoms with Crippen LogP contribution in [-0.2, 0) is 22.1 Å². The quantitative estimate of drug-likeness (QED) is 0.921. The van der Waals surface area contributed by atoms with Gasteiger partial charge in [0.15, 0.2) is 9.84 Å². The molecule has 102 valence electrons. The molecular weight excluding hydrogens is 280 g/mol. The SMILES string of the molecule is Cc1cc(CNc2ccccc2CS(C)(=O)=O)sn1. The Morgan fingerprint density at radius 2 is 2.05 bits per heavy atom. The molecule has 0 bridgehead atoms. The number of aryl methyl sites for hydroxylation is 1. The number of rotatable bonds is 5. The molecule has 1 N–H and O–H groups in total. The summed E-state index contributed by atoms with van der Waals surface area (Å²) in [6.07, 6.45) is 1.25. The Labute approximate surface area is 117 Å². The van der Waals surface area contributed by atoms with Gasteiger partial charge in [-0.05, 0) is 36.2 Å². The van der Waals surface area contributed by atoms with Crippen LogP contribution in [0.15, 0.2) is 30.3 Å². The van der Waals surface area contributed by atoms with E-state index in [1.54, 1.807) is 0 Å². The van der Waals surface area contributed by atoms with E-state index in [-0.39, 0.29) is 5.75 Å². The maximum Gasteiger partial charge on any atom is 0.151 e. The molecule has 1 heterocycles. The van der Waals surface area contributed by atoms with Gasteiger partial charge in [-0.1, -0.05) is 18.2 Å². The van der Waals surface area contributed by atoms with Crippen LogP contribution in [0.25, 0.3) is 0 Å². The lowest BCUT2D eigenvalue weighted by atomic mass is 10.2. The van der Waals surface area contributed by atoms with E-state index in [1.807, 2.05) is 37.3 Å². The predicted molar refractivity (Wildman–Crippen MR) is 79.2 cm³/mol. The normalized spacial score (nSPS) is 11.5. The average Bonchev–Trinajstić information content (AvgIpc) is 2.72. The summed E-state index contributed by atoms with van der Waals surface area (Å²) in [5.41, 5.74) is 2.66. The first-order valence-corrected chi connectivity index (χ1v) is 8.69. The second kappa shape index (κ2) is 5.71. The van der Waals surface area contributed by atoms with Gasteiger partial charge in [-0.2, -0.15) is 4.37 Å². The molecule has 19 heavy (non-hydrogen) atoms. The fourth-order valence-corrected chi connectivity index (χ4v) is 3.27. The molecule has 0 fully saturated rings. The van der Waals surface area contributed by atoms with E-state index >= 15 is 0 Å². The molecule has 0 amide bonds. The van der Waals surface area contributed by atoms with Crippen LogP contribution in [0, 0.1) is 6.92 Å². The number of nitrogens with one attached hydrogen (secondary N) is 1. The lowest BCUT2D eigenvalue weighted by molar-refractivity contribution is 0.601. The van der Waals surface area contributed by atoms with Crippen LogP contribution in [0.1, 0.15) is 16.1 Å². The van der Waals surface area contributed by atoms with E-state index in [1.165, 1.54) is 17.8 Å². The number of hydrogen-bond acceptors (Lipinski definition) is 5. The van der Waals surface area contributed by atoms with Crippen molar-refractivity contribution in [2.75, 3.05) is 11.6 Å². The van der Waals surface area contributed by atoms with Gasteiger partial charge < -0.3 is 5.32 Å². The second-order valence-corrected chi connectivity index (χ2v) is 7.55. The van der Waals surface area contributed by atoms with Crippen molar-refractivity contribution >= 4 is 27.1 Å². The molecule has 1 aromatic heterocycles. The van der Waals surface area contributed by atoms with Gasteiger partial charge in [0, 0.05) is 16.8 Å². The summed E-state index contributed by atoms with van der Waals surface area (Å²) in [7, 11) is -3.03. The van der Waals surface area contributed by atoms with Crippen LogP contribution >= 0.6 is 11.5 Å². The first-order valence-electron chi connectivity index (χ1n) is 5.86. The van der Waals surface area contributed by atoms with E-state index in [2.05, 4.69) is 9.69 Å². The molecule has 0 spiro atoms. The Morgan fingerprint density at radius 3 is 2.68 bits per heavy atom. The summed E-state index contributed by atoms with van der Waals surface area (Å²) in [6.45, 7) is 2.61. The third-order valence-corrected chi connectivity index (χ3v) is 4.28. The maximum atomic E-state index is 11.4. The highest BCUT2D eigenvalue weighted by Gasteiger charge is 2.09. The lowest BCUT2D eigenvalue weighted by Crippen LogP contribution is -2.06. The zero-order valence-electron chi connectivity index (χ0n) is 10.9. The summed E-state index contributed by atoms with van der Waals surface area (Å²) in [6, 6.07) is 9.50. The third-order valence-electron chi connectivity index (χ3n) is 2.56. The minimum Gasteiger partial charge on any atom is -0.380 e. The van der Waals surface area contributed by atoms with E-state index < -0.39 is 9.84 Å². The minimum atomic E-state index is -3.03. The first-order chi connectivity index (χ1) is 8.94. The number of benzene rings is 1. The summed E-state index contributed by atoms with van der Waals surface area (Å²) in [5, 5.41) is 3.27. The molecule has 0 saturated carbocycles. The molecule has 0 unspecified atom stereocenters. The van der Waals surface area contributed by atoms with Crippen LogP contribution in [0.4, 0.5) is 5.69 Å². The van der Waals surface area contributed by atoms with E-state index in [0.29, 0.717) is 6.54 Å². The first kappa shape index (κ1) is 14.0. The minimum absolute atomic E-state index is 0.0535. The molecular formula is C13H16N2O2S2. The van der Waals surface area contributed by atoms with Crippen molar-refractivity contribution in [1.29, 1.82) is 0 Å². The Morgan fingerprint density at radius 1 is 1.32 bits per heavy atom. The topological polar surface area (TPSA) is 59.1 Å². The summed E-state index contributed by atoms with van der Waals surface area (Å²) >= 11 is 1.46. The fourth-order valence-electron chi connectivity index (χ4n) is 1.78. The molecule has 0 radical (unpaired) electrons. The summed E-state index contributed by atoms with van der Waals surface area (Å²) < 4.78 is 27.0. The van der Waals surface area contributed by atoms with Crippen LogP contribution in [0.3, 0.4) is 0 Å². The Balaban J connectivity index is 2.11. The van der Waals surface area contributed by atoms with Gasteiger partial charge in [0.25, 0.3) is 0 Å². The van der Waals surface area contributed by atoms with Gasteiger partial charge in [0.1, 0.15) is 0 Å². The molecule has 0 atom stereocenters. The van der Waals surface area contributed by atoms with Crippen molar-refractivity contribution in [3.8, 4) is 0 Å². The molecule has 2 rings (SSSR count). The highest BCUT2D eigenvalue weighted by atomic mass is 32.2. The highest BCUT2D eigenvalue weighted by Crippen LogP contribution is 2.19. The summed E-state index contributed by atoms with van der Waals surface area (Å²) in [5.74, 6) is 0.0535. The summed E-state index contributed by atoms with van der Waals surface area (Å²) in [4.78, 5) is 1.13. The maximum absolute atomic E-state index is 11.4. The van der Waals surface area contributed by atoms with Crippen molar-refractivity contribution in [2.24, 2.45) is 0 Å². The van der Waals surface area contributed by atoms with Crippen LogP contribution < -0.4 is 5.32 Å². The number of para-hydroxylation sites is 1. The van der Waals surface area contributed by atoms with Crippen LogP contribution in [0.5, 0.6) is 0 Å². The van der Waals surface area contributed by atoms with E-state index in [0.717, 1.165) is 21.8 Å². The molecule has 0 aliphatic carbocycles. The largest absolute Gasteiger partial charge is 0.380 e. The number of hydrogen-bond donors (Lipinski definition) is 1. The molecule has 4 nitrogen and oxygen atoms in total. The number of sulfone groups is 1. The van der Waals surface area contributed by atoms with Crippen molar-refractivity contribution < 1.29 is 8.42 Å². The van der Waals surface area contributed by atoms with E-state index in [4.69, 9.17) is 0 Å². The van der Waals surface area contributed by atoms with Gasteiger partial charge in [0.05, 0.1) is 18.0 Å². The fraction of sp³-hybridized carbons (Fsp3) is 0.308. The van der Waals surface area contributed by atoms with Crippen molar-refractivity contribution in [1.82, 2.24) is 4.37 Å². The monoisotopic (exact) mass is 296 g/mol. The third kappa shape index (κ3) is 4.33. The smallest absolute Gasteiger partial charge is 0.151 e. The predicted octanol–water partition coefficient (Wildman–Crippen LogP) is 2.61. The Hall–Kier alpha value is -1.40.